The molecule has 3 rings (SSSR count). The van der Waals surface area contributed by atoms with Crippen molar-refractivity contribution in [1.29, 1.82) is 0 Å². The molecular formula is C21H20N2O6S2. The number of aromatic carboxylic acids is 1. The summed E-state index contributed by atoms with van der Waals surface area (Å²) < 4.78 is 5.74. The van der Waals surface area contributed by atoms with Gasteiger partial charge in [-0.3, -0.25) is 14.5 Å². The number of carbonyl (C=O) groups excluding carboxylic acids is 2. The number of nitrogens with zero attached hydrogens (tertiary/aromatic N) is 1. The summed E-state index contributed by atoms with van der Waals surface area (Å²) in [5.74, 6) is -1.44. The Hall–Kier alpha value is -3.11. The third-order valence-electron chi connectivity index (χ3n) is 4.49. The van der Waals surface area contributed by atoms with Gasteiger partial charge in [0, 0.05) is 30.8 Å². The zero-order chi connectivity index (χ0) is 22.4. The van der Waals surface area contributed by atoms with E-state index < -0.39 is 11.7 Å². The highest BCUT2D eigenvalue weighted by atomic mass is 32.2. The van der Waals surface area contributed by atoms with E-state index in [2.05, 4.69) is 5.32 Å². The molecule has 2 heterocycles. The molecule has 10 heteroatoms. The molecule has 0 aliphatic carbocycles. The fraction of sp³-hybridized carbons (Fsp3) is 0.238. The summed E-state index contributed by atoms with van der Waals surface area (Å²) in [5, 5.41) is 21.2. The van der Waals surface area contributed by atoms with Crippen molar-refractivity contribution in [3.05, 3.63) is 52.8 Å². The van der Waals surface area contributed by atoms with Crippen molar-refractivity contribution >= 4 is 57.8 Å². The Bertz CT molecular complexity index is 1030. The quantitative estimate of drug-likeness (QED) is 0.291. The Morgan fingerprint density at radius 2 is 2.03 bits per heavy atom. The van der Waals surface area contributed by atoms with Crippen LogP contribution in [-0.2, 0) is 9.59 Å². The first-order valence-corrected chi connectivity index (χ1v) is 10.7. The lowest BCUT2D eigenvalue weighted by atomic mass is 10.1. The number of aromatic hydroxyl groups is 1. The number of carboxylic acid groups (broad SMARTS) is 1. The van der Waals surface area contributed by atoms with E-state index in [0.717, 1.165) is 6.42 Å². The molecular weight excluding hydrogens is 440 g/mol. The molecule has 0 radical (unpaired) electrons. The van der Waals surface area contributed by atoms with Crippen molar-refractivity contribution in [1.82, 2.24) is 4.90 Å². The van der Waals surface area contributed by atoms with Crippen molar-refractivity contribution in [2.75, 3.05) is 11.9 Å². The third kappa shape index (κ3) is 5.96. The van der Waals surface area contributed by atoms with Crippen LogP contribution in [0.25, 0.3) is 6.08 Å². The molecule has 1 fully saturated rings. The molecule has 1 saturated heterocycles. The monoisotopic (exact) mass is 460 g/mol. The second-order valence-electron chi connectivity index (χ2n) is 6.74. The molecule has 1 aliphatic heterocycles. The van der Waals surface area contributed by atoms with E-state index in [0.29, 0.717) is 40.1 Å². The lowest BCUT2D eigenvalue weighted by Crippen LogP contribution is -2.29. The van der Waals surface area contributed by atoms with E-state index in [4.69, 9.17) is 21.7 Å². The Balaban J connectivity index is 1.39. The number of unbranched alkanes of at least 4 members (excludes halogenated alkanes) is 2. The number of thioether (sulfide) groups is 1. The average molecular weight is 461 g/mol. The predicted octanol–water partition coefficient (Wildman–Crippen LogP) is 4.08. The van der Waals surface area contributed by atoms with Crippen molar-refractivity contribution < 1.29 is 29.0 Å². The maximum Gasteiger partial charge on any atom is 0.339 e. The van der Waals surface area contributed by atoms with E-state index in [1.54, 1.807) is 23.1 Å². The van der Waals surface area contributed by atoms with Gasteiger partial charge >= 0.3 is 5.97 Å². The van der Waals surface area contributed by atoms with Gasteiger partial charge in [-0.15, -0.1) is 0 Å². The van der Waals surface area contributed by atoms with E-state index in [1.165, 1.54) is 36.2 Å². The fourth-order valence-electron chi connectivity index (χ4n) is 2.94. The number of thiocarbonyl (C=S) groups is 1. The smallest absolute Gasteiger partial charge is 0.339 e. The molecule has 8 nitrogen and oxygen atoms in total. The summed E-state index contributed by atoms with van der Waals surface area (Å²) in [6.45, 7) is 0.478. The number of nitrogens with one attached hydrogen (secondary N) is 1. The molecule has 0 unspecified atom stereocenters. The number of hydrogen-bond acceptors (Lipinski definition) is 7. The van der Waals surface area contributed by atoms with Crippen molar-refractivity contribution in [2.45, 2.75) is 25.7 Å². The molecule has 3 N–H and O–H groups in total. The molecule has 1 aliphatic rings. The fourth-order valence-corrected chi connectivity index (χ4v) is 4.23. The second-order valence-corrected chi connectivity index (χ2v) is 8.42. The van der Waals surface area contributed by atoms with Crippen LogP contribution in [0.2, 0.25) is 0 Å². The van der Waals surface area contributed by atoms with Gasteiger partial charge in [0.15, 0.2) is 0 Å². The highest BCUT2D eigenvalue weighted by Gasteiger charge is 2.31. The van der Waals surface area contributed by atoms with Crippen LogP contribution < -0.4 is 5.32 Å². The Labute approximate surface area is 187 Å². The zero-order valence-electron chi connectivity index (χ0n) is 16.4. The zero-order valence-corrected chi connectivity index (χ0v) is 18.0. The maximum atomic E-state index is 12.5. The van der Waals surface area contributed by atoms with Gasteiger partial charge in [-0.05, 0) is 37.1 Å². The summed E-state index contributed by atoms with van der Waals surface area (Å²) in [4.78, 5) is 37.5. The Kier molecular flexibility index (Phi) is 7.48. The molecule has 2 amide bonds. The standard InChI is InChI=1S/C21H20N2O6S2/c24-16-11-13(7-8-15(16)20(27)28)22-18(25)6-2-1-3-9-23-19(26)17(31-21(23)30)12-14-5-4-10-29-14/h4-5,7-8,10-12,24H,1-3,6,9H2,(H,22,25)(H,27,28)/b17-12+. The molecule has 1 aromatic carbocycles. The van der Waals surface area contributed by atoms with Crippen LogP contribution in [0.15, 0.2) is 45.9 Å². The average Bonchev–Trinajstić information content (AvgIpc) is 3.31. The van der Waals surface area contributed by atoms with Gasteiger partial charge in [0.1, 0.15) is 21.4 Å². The van der Waals surface area contributed by atoms with Crippen LogP contribution in [0.3, 0.4) is 0 Å². The van der Waals surface area contributed by atoms with Gasteiger partial charge in [0.2, 0.25) is 5.91 Å². The first-order valence-electron chi connectivity index (χ1n) is 9.50. The first kappa shape index (κ1) is 22.6. The number of amides is 2. The van der Waals surface area contributed by atoms with Crippen LogP contribution in [0.5, 0.6) is 5.75 Å². The van der Waals surface area contributed by atoms with E-state index in [-0.39, 0.29) is 23.8 Å². The van der Waals surface area contributed by atoms with Crippen LogP contribution in [0.1, 0.15) is 41.8 Å². The maximum absolute atomic E-state index is 12.5. The van der Waals surface area contributed by atoms with Gasteiger partial charge in [0.05, 0.1) is 11.2 Å². The number of carbonyl (C=O) groups is 3. The van der Waals surface area contributed by atoms with Crippen LogP contribution in [0.4, 0.5) is 5.69 Å². The highest BCUT2D eigenvalue weighted by molar-refractivity contribution is 8.26. The number of carboxylic acids is 1. The minimum atomic E-state index is -1.24. The summed E-state index contributed by atoms with van der Waals surface area (Å²) in [5.41, 5.74) is 0.0982. The van der Waals surface area contributed by atoms with Gasteiger partial charge < -0.3 is 19.9 Å². The minimum Gasteiger partial charge on any atom is -0.507 e. The normalized spacial score (nSPS) is 15.0. The van der Waals surface area contributed by atoms with Crippen LogP contribution in [-0.4, -0.2) is 43.8 Å². The predicted molar refractivity (Wildman–Crippen MR) is 121 cm³/mol. The number of hydrogen-bond donors (Lipinski definition) is 3. The Morgan fingerprint density at radius 3 is 2.71 bits per heavy atom. The molecule has 162 valence electrons. The lowest BCUT2D eigenvalue weighted by molar-refractivity contribution is -0.122. The number of benzene rings is 1. The number of rotatable bonds is 9. The first-order chi connectivity index (χ1) is 14.8. The number of furan rings is 1. The van der Waals surface area contributed by atoms with Crippen molar-refractivity contribution in [3.63, 3.8) is 0 Å². The number of phenols is 1. The van der Waals surface area contributed by atoms with Gasteiger partial charge in [-0.1, -0.05) is 30.4 Å². The molecule has 0 bridgehead atoms. The second kappa shape index (κ2) is 10.3. The summed E-state index contributed by atoms with van der Waals surface area (Å²) >= 11 is 6.54. The molecule has 1 aromatic heterocycles. The largest absolute Gasteiger partial charge is 0.507 e. The summed E-state index contributed by atoms with van der Waals surface area (Å²) in [7, 11) is 0. The van der Waals surface area contributed by atoms with E-state index >= 15 is 0 Å². The van der Waals surface area contributed by atoms with Crippen LogP contribution >= 0.6 is 24.0 Å². The van der Waals surface area contributed by atoms with Crippen molar-refractivity contribution in [3.8, 4) is 5.75 Å². The van der Waals surface area contributed by atoms with Gasteiger partial charge in [-0.25, -0.2) is 4.79 Å². The Morgan fingerprint density at radius 1 is 1.23 bits per heavy atom. The van der Waals surface area contributed by atoms with Gasteiger partial charge in [-0.2, -0.15) is 0 Å². The summed E-state index contributed by atoms with van der Waals surface area (Å²) in [6, 6.07) is 7.37. The summed E-state index contributed by atoms with van der Waals surface area (Å²) in [6.07, 6.45) is 5.51. The molecule has 2 aromatic rings. The number of anilines is 1. The lowest BCUT2D eigenvalue weighted by Gasteiger charge is -2.14. The van der Waals surface area contributed by atoms with E-state index in [9.17, 15) is 19.5 Å². The van der Waals surface area contributed by atoms with Crippen molar-refractivity contribution in [2.24, 2.45) is 0 Å². The SMILES string of the molecule is O=C(CCCCCN1C(=O)/C(=C\c2ccco2)SC1=S)Nc1ccc(C(=O)O)c(O)c1. The minimum absolute atomic E-state index is 0.145. The third-order valence-corrected chi connectivity index (χ3v) is 5.87. The molecule has 31 heavy (non-hydrogen) atoms. The molecule has 0 saturated carbocycles. The van der Waals surface area contributed by atoms with Gasteiger partial charge in [0.25, 0.3) is 5.91 Å². The van der Waals surface area contributed by atoms with Crippen LogP contribution in [0, 0.1) is 0 Å². The topological polar surface area (TPSA) is 120 Å². The highest BCUT2D eigenvalue weighted by Crippen LogP contribution is 2.32. The van der Waals surface area contributed by atoms with E-state index in [1.807, 2.05) is 0 Å². The molecule has 0 spiro atoms. The molecule has 0 atom stereocenters.